The summed E-state index contributed by atoms with van der Waals surface area (Å²) >= 11 is 6.01. The molecule has 0 fully saturated rings. The number of para-hydroxylation sites is 1. The van der Waals surface area contributed by atoms with E-state index in [-0.39, 0.29) is 11.8 Å². The number of rotatable bonds is 4. The van der Waals surface area contributed by atoms with Crippen molar-refractivity contribution in [1.82, 2.24) is 5.32 Å². The van der Waals surface area contributed by atoms with Crippen molar-refractivity contribution in [3.8, 4) is 11.5 Å². The van der Waals surface area contributed by atoms with Crippen LogP contribution in [-0.2, 0) is 6.18 Å². The lowest BCUT2D eigenvalue weighted by molar-refractivity contribution is -0.137. The third-order valence-corrected chi connectivity index (χ3v) is 5.65. The first-order valence-electron chi connectivity index (χ1n) is 9.88. The number of nitrogens with one attached hydrogen (secondary N) is 1. The minimum absolute atomic E-state index is 0.0102. The molecule has 0 amide bonds. The number of phenolic OH excluding ortho intramolecular Hbond substituents is 1. The van der Waals surface area contributed by atoms with Crippen LogP contribution < -0.4 is 10.1 Å². The lowest BCUT2D eigenvalue weighted by atomic mass is 9.93. The van der Waals surface area contributed by atoms with Gasteiger partial charge >= 0.3 is 6.18 Å². The van der Waals surface area contributed by atoms with Crippen LogP contribution in [0.5, 0.6) is 11.5 Å². The monoisotopic (exact) mass is 460 g/mol. The van der Waals surface area contributed by atoms with Gasteiger partial charge in [0, 0.05) is 28.8 Å². The van der Waals surface area contributed by atoms with Gasteiger partial charge in [-0.25, -0.2) is 0 Å². The summed E-state index contributed by atoms with van der Waals surface area (Å²) in [6, 6.07) is 17.0. The molecule has 0 saturated heterocycles. The van der Waals surface area contributed by atoms with E-state index in [1.54, 1.807) is 30.3 Å². The van der Waals surface area contributed by atoms with Gasteiger partial charge in [0.05, 0.1) is 12.7 Å². The second kappa shape index (κ2) is 8.84. The molecular weight excluding hydrogens is 441 g/mol. The maximum Gasteiger partial charge on any atom is 0.416 e. The minimum Gasteiger partial charge on any atom is -0.504 e. The van der Waals surface area contributed by atoms with Crippen LogP contribution in [0.25, 0.3) is 0 Å². The SMILES string of the molecule is COc1cccc([C@H]2CC(c3ccc(Cl)cc3)=N[C@H](c3ccc(C(F)(F)F)cc3)N2)c1O. The van der Waals surface area contributed by atoms with Crippen molar-refractivity contribution >= 4 is 17.3 Å². The molecule has 0 aromatic heterocycles. The Labute approximate surface area is 188 Å². The summed E-state index contributed by atoms with van der Waals surface area (Å²) in [5, 5.41) is 14.6. The predicted molar refractivity (Wildman–Crippen MR) is 117 cm³/mol. The van der Waals surface area contributed by atoms with Crippen molar-refractivity contribution in [1.29, 1.82) is 0 Å². The summed E-state index contributed by atoms with van der Waals surface area (Å²) in [6.45, 7) is 0. The van der Waals surface area contributed by atoms with Crippen molar-refractivity contribution in [2.45, 2.75) is 24.8 Å². The molecule has 2 N–H and O–H groups in total. The third-order valence-electron chi connectivity index (χ3n) is 5.40. The molecule has 4 rings (SSSR count). The highest BCUT2D eigenvalue weighted by atomic mass is 35.5. The number of phenols is 1. The number of aliphatic imine (C=N–C) groups is 1. The molecule has 1 aliphatic rings. The van der Waals surface area contributed by atoms with E-state index in [9.17, 15) is 18.3 Å². The number of methoxy groups -OCH3 is 1. The second-order valence-corrected chi connectivity index (χ2v) is 7.86. The van der Waals surface area contributed by atoms with Gasteiger partial charge in [-0.15, -0.1) is 0 Å². The summed E-state index contributed by atoms with van der Waals surface area (Å²) in [7, 11) is 1.47. The molecule has 2 atom stereocenters. The summed E-state index contributed by atoms with van der Waals surface area (Å²) in [5.41, 5.74) is 2.07. The Morgan fingerprint density at radius 3 is 2.34 bits per heavy atom. The Bertz CT molecular complexity index is 1130. The van der Waals surface area contributed by atoms with E-state index in [0.717, 1.165) is 23.4 Å². The molecule has 3 aromatic carbocycles. The zero-order chi connectivity index (χ0) is 22.9. The fourth-order valence-electron chi connectivity index (χ4n) is 3.73. The van der Waals surface area contributed by atoms with Crippen LogP contribution in [0.4, 0.5) is 13.2 Å². The first-order chi connectivity index (χ1) is 15.3. The van der Waals surface area contributed by atoms with Gasteiger partial charge in [0.25, 0.3) is 0 Å². The van der Waals surface area contributed by atoms with Crippen molar-refractivity contribution in [2.75, 3.05) is 7.11 Å². The smallest absolute Gasteiger partial charge is 0.416 e. The average Bonchev–Trinajstić information content (AvgIpc) is 2.79. The number of ether oxygens (including phenoxy) is 1. The van der Waals surface area contributed by atoms with Gasteiger partial charge in [-0.1, -0.05) is 48.0 Å². The fraction of sp³-hybridized carbons (Fsp3) is 0.208. The lowest BCUT2D eigenvalue weighted by Gasteiger charge is -2.31. The number of halogens is 4. The molecule has 166 valence electrons. The summed E-state index contributed by atoms with van der Waals surface area (Å²) < 4.78 is 44.2. The maximum absolute atomic E-state index is 13.0. The zero-order valence-corrected chi connectivity index (χ0v) is 17.8. The molecule has 0 unspecified atom stereocenters. The van der Waals surface area contributed by atoms with Gasteiger partial charge in [0.2, 0.25) is 0 Å². The van der Waals surface area contributed by atoms with Gasteiger partial charge in [0.15, 0.2) is 11.5 Å². The summed E-state index contributed by atoms with van der Waals surface area (Å²) in [5.74, 6) is 0.349. The Balaban J connectivity index is 1.74. The quantitative estimate of drug-likeness (QED) is 0.480. The second-order valence-electron chi connectivity index (χ2n) is 7.43. The fourth-order valence-corrected chi connectivity index (χ4v) is 3.86. The van der Waals surface area contributed by atoms with Crippen molar-refractivity contribution in [3.63, 3.8) is 0 Å². The zero-order valence-electron chi connectivity index (χ0n) is 17.0. The normalized spacial score (nSPS) is 18.8. The van der Waals surface area contributed by atoms with Crippen LogP contribution in [0.1, 0.15) is 40.9 Å². The molecule has 8 heteroatoms. The van der Waals surface area contributed by atoms with Crippen LogP contribution >= 0.6 is 11.6 Å². The van der Waals surface area contributed by atoms with Gasteiger partial charge in [0.1, 0.15) is 6.17 Å². The van der Waals surface area contributed by atoms with Gasteiger partial charge in [-0.2, -0.15) is 13.2 Å². The van der Waals surface area contributed by atoms with E-state index >= 15 is 0 Å². The third kappa shape index (κ3) is 4.59. The molecule has 0 saturated carbocycles. The van der Waals surface area contributed by atoms with Crippen molar-refractivity contribution in [3.05, 3.63) is 94.0 Å². The molecule has 3 aromatic rings. The number of benzene rings is 3. The molecule has 0 bridgehead atoms. The van der Waals surface area contributed by atoms with E-state index in [1.807, 2.05) is 12.1 Å². The van der Waals surface area contributed by atoms with Crippen molar-refractivity contribution < 1.29 is 23.0 Å². The van der Waals surface area contributed by atoms with Crippen LogP contribution in [-0.4, -0.2) is 17.9 Å². The van der Waals surface area contributed by atoms with Crippen LogP contribution in [0.15, 0.2) is 71.7 Å². The van der Waals surface area contributed by atoms with E-state index in [0.29, 0.717) is 28.3 Å². The first kappa shape index (κ1) is 22.2. The van der Waals surface area contributed by atoms with E-state index in [1.165, 1.54) is 19.2 Å². The van der Waals surface area contributed by atoms with Crippen LogP contribution in [0.3, 0.4) is 0 Å². The Morgan fingerprint density at radius 2 is 1.72 bits per heavy atom. The Kier molecular flexibility index (Phi) is 6.13. The van der Waals surface area contributed by atoms with Gasteiger partial charge in [-0.3, -0.25) is 10.3 Å². The van der Waals surface area contributed by atoms with E-state index in [4.69, 9.17) is 21.3 Å². The Morgan fingerprint density at radius 1 is 1.03 bits per heavy atom. The summed E-state index contributed by atoms with van der Waals surface area (Å²) in [6.07, 6.45) is -4.56. The number of hydrogen-bond donors (Lipinski definition) is 2. The maximum atomic E-state index is 13.0. The average molecular weight is 461 g/mol. The molecule has 0 spiro atoms. The lowest BCUT2D eigenvalue weighted by Crippen LogP contribution is -2.33. The molecule has 4 nitrogen and oxygen atoms in total. The van der Waals surface area contributed by atoms with Crippen LogP contribution in [0, 0.1) is 0 Å². The first-order valence-corrected chi connectivity index (χ1v) is 10.3. The Hall–Kier alpha value is -3.03. The predicted octanol–water partition coefficient (Wildman–Crippen LogP) is 6.30. The molecule has 1 heterocycles. The van der Waals surface area contributed by atoms with Gasteiger partial charge in [-0.05, 0) is 41.5 Å². The number of hydrogen-bond acceptors (Lipinski definition) is 4. The molecule has 0 aliphatic carbocycles. The largest absolute Gasteiger partial charge is 0.504 e. The number of alkyl halides is 3. The molecule has 32 heavy (non-hydrogen) atoms. The molecule has 1 aliphatic heterocycles. The molecule has 0 radical (unpaired) electrons. The summed E-state index contributed by atoms with van der Waals surface area (Å²) in [4.78, 5) is 4.76. The topological polar surface area (TPSA) is 53.8 Å². The highest BCUT2D eigenvalue weighted by molar-refractivity contribution is 6.30. The molecular formula is C24H20ClF3N2O2. The van der Waals surface area contributed by atoms with Gasteiger partial charge < -0.3 is 9.84 Å². The number of aromatic hydroxyl groups is 1. The van der Waals surface area contributed by atoms with Crippen molar-refractivity contribution in [2.24, 2.45) is 4.99 Å². The van der Waals surface area contributed by atoms with Crippen LogP contribution in [0.2, 0.25) is 5.02 Å². The highest BCUT2D eigenvalue weighted by Gasteiger charge is 2.32. The number of nitrogens with zero attached hydrogens (tertiary/aromatic N) is 1. The highest BCUT2D eigenvalue weighted by Crippen LogP contribution is 2.39. The standard InChI is InChI=1S/C24H20ClF3N2O2/c1-32-21-4-2-3-18(22(21)31)20-13-19(14-7-11-17(25)12-8-14)29-23(30-20)15-5-9-16(10-6-15)24(26,27)28/h2-12,20,23,30-31H,13H2,1H3/t20-,23+/m1/s1. The van der Waals surface area contributed by atoms with E-state index < -0.39 is 17.9 Å². The van der Waals surface area contributed by atoms with E-state index in [2.05, 4.69) is 5.32 Å². The minimum atomic E-state index is -4.41.